The van der Waals surface area contributed by atoms with Gasteiger partial charge in [0.1, 0.15) is 12.4 Å². The smallest absolute Gasteiger partial charge is 0.251 e. The number of piperazine rings is 1. The van der Waals surface area contributed by atoms with E-state index in [9.17, 15) is 4.79 Å². The zero-order chi connectivity index (χ0) is 22.9. The maximum atomic E-state index is 12.5. The van der Waals surface area contributed by atoms with Gasteiger partial charge in [0.15, 0.2) is 0 Å². The molecule has 5 nitrogen and oxygen atoms in total. The van der Waals surface area contributed by atoms with Gasteiger partial charge in [-0.15, -0.1) is 0 Å². The number of hydrogen-bond donors (Lipinski definition) is 1. The summed E-state index contributed by atoms with van der Waals surface area (Å²) in [4.78, 5) is 17.3. The van der Waals surface area contributed by atoms with E-state index in [4.69, 9.17) is 4.74 Å². The molecule has 0 spiro atoms. The average Bonchev–Trinajstić information content (AvgIpc) is 2.86. The van der Waals surface area contributed by atoms with Crippen LogP contribution in [0.5, 0.6) is 5.75 Å². The van der Waals surface area contributed by atoms with Gasteiger partial charge in [-0.2, -0.15) is 0 Å². The SMILES string of the molecule is CN1CCN(Cc2ccc(CCNC(=O)c3ccc(OCc4ccccc4)cc3)cc2)CC1. The molecule has 0 bridgehead atoms. The Kier molecular flexibility index (Phi) is 8.12. The standard InChI is InChI=1S/C28H33N3O2/c1-30-17-19-31(20-18-30)21-24-9-7-23(8-10-24)15-16-29-28(32)26-11-13-27(14-12-26)33-22-25-5-3-2-4-6-25/h2-14H,15-22H2,1H3,(H,29,32). The lowest BCUT2D eigenvalue weighted by Gasteiger charge is -2.32. The van der Waals surface area contributed by atoms with Crippen molar-refractivity contribution in [2.45, 2.75) is 19.6 Å². The molecule has 0 aliphatic carbocycles. The maximum absolute atomic E-state index is 12.5. The number of carbonyl (C=O) groups excluding carboxylic acids is 1. The van der Waals surface area contributed by atoms with Gasteiger partial charge in [0.25, 0.3) is 5.91 Å². The molecular weight excluding hydrogens is 410 g/mol. The molecule has 1 amide bonds. The van der Waals surface area contributed by atoms with E-state index in [0.29, 0.717) is 18.7 Å². The number of carbonyl (C=O) groups is 1. The monoisotopic (exact) mass is 443 g/mol. The third-order valence-corrected chi connectivity index (χ3v) is 6.09. The second-order valence-corrected chi connectivity index (χ2v) is 8.70. The van der Waals surface area contributed by atoms with Crippen molar-refractivity contribution < 1.29 is 9.53 Å². The zero-order valence-corrected chi connectivity index (χ0v) is 19.4. The highest BCUT2D eigenvalue weighted by Gasteiger charge is 2.13. The summed E-state index contributed by atoms with van der Waals surface area (Å²) in [6.07, 6.45) is 0.818. The van der Waals surface area contributed by atoms with Gasteiger partial charge in [0.05, 0.1) is 0 Å². The predicted molar refractivity (Wildman–Crippen MR) is 132 cm³/mol. The summed E-state index contributed by atoms with van der Waals surface area (Å²) in [7, 11) is 2.18. The molecule has 3 aromatic carbocycles. The number of nitrogens with one attached hydrogen (secondary N) is 1. The fourth-order valence-corrected chi connectivity index (χ4v) is 3.94. The summed E-state index contributed by atoms with van der Waals surface area (Å²) >= 11 is 0. The Morgan fingerprint density at radius 2 is 1.48 bits per heavy atom. The molecule has 1 heterocycles. The molecule has 1 saturated heterocycles. The van der Waals surface area contributed by atoms with E-state index >= 15 is 0 Å². The van der Waals surface area contributed by atoms with Crippen molar-refractivity contribution in [2.24, 2.45) is 0 Å². The van der Waals surface area contributed by atoms with E-state index in [1.54, 1.807) is 0 Å². The summed E-state index contributed by atoms with van der Waals surface area (Å²) in [6, 6.07) is 26.1. The van der Waals surface area contributed by atoms with Crippen LogP contribution in [0.25, 0.3) is 0 Å². The first-order chi connectivity index (χ1) is 16.2. The van der Waals surface area contributed by atoms with Crippen LogP contribution in [0.1, 0.15) is 27.0 Å². The van der Waals surface area contributed by atoms with Gasteiger partial charge >= 0.3 is 0 Å². The molecule has 0 atom stereocenters. The molecule has 1 N–H and O–H groups in total. The van der Waals surface area contributed by atoms with Crippen molar-refractivity contribution in [3.05, 3.63) is 101 Å². The summed E-state index contributed by atoms with van der Waals surface area (Å²) in [5.74, 6) is 0.698. The number of amides is 1. The van der Waals surface area contributed by atoms with Crippen molar-refractivity contribution >= 4 is 5.91 Å². The van der Waals surface area contributed by atoms with Crippen molar-refractivity contribution in [1.82, 2.24) is 15.1 Å². The molecule has 33 heavy (non-hydrogen) atoms. The van der Waals surface area contributed by atoms with Crippen LogP contribution in [-0.4, -0.2) is 55.5 Å². The Labute approximate surface area is 197 Å². The molecule has 0 saturated carbocycles. The number of hydrogen-bond acceptors (Lipinski definition) is 4. The highest BCUT2D eigenvalue weighted by molar-refractivity contribution is 5.94. The minimum absolute atomic E-state index is 0.0590. The van der Waals surface area contributed by atoms with Crippen LogP contribution in [0.4, 0.5) is 0 Å². The van der Waals surface area contributed by atoms with E-state index in [0.717, 1.165) is 50.5 Å². The minimum Gasteiger partial charge on any atom is -0.489 e. The minimum atomic E-state index is -0.0590. The fraction of sp³-hybridized carbons (Fsp3) is 0.321. The van der Waals surface area contributed by atoms with E-state index in [1.165, 1.54) is 11.1 Å². The zero-order valence-electron chi connectivity index (χ0n) is 19.4. The predicted octanol–water partition coefficient (Wildman–Crippen LogP) is 3.99. The summed E-state index contributed by atoms with van der Waals surface area (Å²) < 4.78 is 5.79. The van der Waals surface area contributed by atoms with Crippen molar-refractivity contribution in [1.29, 1.82) is 0 Å². The quantitative estimate of drug-likeness (QED) is 0.543. The van der Waals surface area contributed by atoms with Crippen LogP contribution in [-0.2, 0) is 19.6 Å². The normalized spacial score (nSPS) is 14.7. The lowest BCUT2D eigenvalue weighted by molar-refractivity contribution is 0.0954. The Morgan fingerprint density at radius 1 is 0.818 bits per heavy atom. The van der Waals surface area contributed by atoms with Gasteiger partial charge in [-0.1, -0.05) is 54.6 Å². The number of rotatable bonds is 9. The summed E-state index contributed by atoms with van der Waals surface area (Å²) in [5.41, 5.74) is 4.35. The Balaban J connectivity index is 1.18. The van der Waals surface area contributed by atoms with Crippen molar-refractivity contribution in [3.8, 4) is 5.75 Å². The van der Waals surface area contributed by atoms with Crippen molar-refractivity contribution in [3.63, 3.8) is 0 Å². The average molecular weight is 444 g/mol. The van der Waals surface area contributed by atoms with E-state index in [-0.39, 0.29) is 5.91 Å². The highest BCUT2D eigenvalue weighted by atomic mass is 16.5. The number of likely N-dealkylation sites (N-methyl/N-ethyl adjacent to an activating group) is 1. The number of nitrogens with zero attached hydrogens (tertiary/aromatic N) is 2. The first-order valence-electron chi connectivity index (χ1n) is 11.7. The highest BCUT2D eigenvalue weighted by Crippen LogP contribution is 2.15. The Bertz CT molecular complexity index is 996. The van der Waals surface area contributed by atoms with E-state index in [2.05, 4.69) is 46.4 Å². The molecule has 1 fully saturated rings. The molecule has 0 radical (unpaired) electrons. The van der Waals surface area contributed by atoms with E-state index in [1.807, 2.05) is 54.6 Å². The molecular formula is C28H33N3O2. The second-order valence-electron chi connectivity index (χ2n) is 8.70. The van der Waals surface area contributed by atoms with Gasteiger partial charge in [-0.3, -0.25) is 9.69 Å². The van der Waals surface area contributed by atoms with Crippen LogP contribution in [0, 0.1) is 0 Å². The third-order valence-electron chi connectivity index (χ3n) is 6.09. The molecule has 4 rings (SSSR count). The molecule has 3 aromatic rings. The Morgan fingerprint density at radius 3 is 2.18 bits per heavy atom. The third kappa shape index (κ3) is 7.17. The van der Waals surface area contributed by atoms with Crippen LogP contribution in [0.3, 0.4) is 0 Å². The van der Waals surface area contributed by atoms with Crippen LogP contribution in [0.15, 0.2) is 78.9 Å². The number of benzene rings is 3. The Hall–Kier alpha value is -3.15. The molecule has 0 unspecified atom stereocenters. The summed E-state index contributed by atoms with van der Waals surface area (Å²) in [6.45, 7) is 6.68. The molecule has 172 valence electrons. The molecule has 0 aromatic heterocycles. The lowest BCUT2D eigenvalue weighted by Crippen LogP contribution is -2.43. The molecule has 1 aliphatic heterocycles. The van der Waals surface area contributed by atoms with Crippen LogP contribution >= 0.6 is 0 Å². The van der Waals surface area contributed by atoms with Crippen LogP contribution in [0.2, 0.25) is 0 Å². The first kappa shape index (κ1) is 23.0. The van der Waals surface area contributed by atoms with Gasteiger partial charge < -0.3 is 15.0 Å². The van der Waals surface area contributed by atoms with Gasteiger partial charge in [0, 0.05) is 44.8 Å². The molecule has 1 aliphatic rings. The molecule has 5 heteroatoms. The van der Waals surface area contributed by atoms with E-state index < -0.39 is 0 Å². The second kappa shape index (κ2) is 11.6. The van der Waals surface area contributed by atoms with Gasteiger partial charge in [-0.25, -0.2) is 0 Å². The maximum Gasteiger partial charge on any atom is 0.251 e. The lowest BCUT2D eigenvalue weighted by atomic mass is 10.1. The topological polar surface area (TPSA) is 44.8 Å². The van der Waals surface area contributed by atoms with Crippen LogP contribution < -0.4 is 10.1 Å². The first-order valence-corrected chi connectivity index (χ1v) is 11.7. The van der Waals surface area contributed by atoms with Gasteiger partial charge in [0.2, 0.25) is 0 Å². The largest absolute Gasteiger partial charge is 0.489 e. The van der Waals surface area contributed by atoms with Crippen molar-refractivity contribution in [2.75, 3.05) is 39.8 Å². The summed E-state index contributed by atoms with van der Waals surface area (Å²) in [5, 5.41) is 3.02. The number of ether oxygens (including phenoxy) is 1. The fourth-order valence-electron chi connectivity index (χ4n) is 3.94. The van der Waals surface area contributed by atoms with Gasteiger partial charge in [-0.05, 0) is 54.4 Å².